The summed E-state index contributed by atoms with van der Waals surface area (Å²) in [4.78, 5) is 13.6. The molecule has 1 atom stereocenters. The van der Waals surface area contributed by atoms with Crippen molar-refractivity contribution in [3.63, 3.8) is 0 Å². The molecule has 0 heterocycles. The van der Waals surface area contributed by atoms with E-state index in [0.29, 0.717) is 5.56 Å². The summed E-state index contributed by atoms with van der Waals surface area (Å²) in [6.07, 6.45) is 0. The van der Waals surface area contributed by atoms with Crippen LogP contribution in [-0.2, 0) is 4.79 Å². The van der Waals surface area contributed by atoms with Crippen LogP contribution in [0.1, 0.15) is 39.3 Å². The van der Waals surface area contributed by atoms with Crippen molar-refractivity contribution in [2.24, 2.45) is 0 Å². The molecule has 112 valence electrons. The van der Waals surface area contributed by atoms with Gasteiger partial charge in [-0.1, -0.05) is 6.07 Å². The zero-order chi connectivity index (χ0) is 15.5. The molecule has 1 rings (SSSR count). The largest absolute Gasteiger partial charge is 0.350 e. The predicted molar refractivity (Wildman–Crippen MR) is 75.3 cm³/mol. The Bertz CT molecular complexity index is 483. The van der Waals surface area contributed by atoms with Gasteiger partial charge in [0, 0.05) is 23.2 Å². The van der Waals surface area contributed by atoms with Gasteiger partial charge in [0.15, 0.2) is 0 Å². The average Bonchev–Trinajstić information content (AvgIpc) is 2.25. The summed E-state index contributed by atoms with van der Waals surface area (Å²) < 4.78 is 26.6. The van der Waals surface area contributed by atoms with Crippen LogP contribution < -0.4 is 5.32 Å². The molecule has 0 aliphatic carbocycles. The van der Waals surface area contributed by atoms with Crippen LogP contribution in [0, 0.1) is 11.6 Å². The van der Waals surface area contributed by atoms with E-state index in [2.05, 4.69) is 5.32 Å². The lowest BCUT2D eigenvalue weighted by atomic mass is 10.1. The molecular weight excluding hydrogens is 262 g/mol. The van der Waals surface area contributed by atoms with E-state index in [1.165, 1.54) is 12.1 Å². The minimum atomic E-state index is -0.605. The number of benzene rings is 1. The van der Waals surface area contributed by atoms with E-state index in [1.807, 2.05) is 20.8 Å². The Morgan fingerprint density at radius 1 is 1.35 bits per heavy atom. The maximum Gasteiger partial charge on any atom is 0.234 e. The topological polar surface area (TPSA) is 32.3 Å². The third-order valence-corrected chi connectivity index (χ3v) is 2.98. The van der Waals surface area contributed by atoms with Crippen molar-refractivity contribution in [2.75, 3.05) is 13.6 Å². The minimum Gasteiger partial charge on any atom is -0.350 e. The molecule has 0 aromatic heterocycles. The van der Waals surface area contributed by atoms with Crippen molar-refractivity contribution in [3.05, 3.63) is 35.4 Å². The summed E-state index contributed by atoms with van der Waals surface area (Å²) in [5, 5.41) is 2.85. The molecule has 0 aliphatic heterocycles. The second-order valence-corrected chi connectivity index (χ2v) is 6.06. The fraction of sp³-hybridized carbons (Fsp3) is 0.533. The zero-order valence-electron chi connectivity index (χ0n) is 12.6. The first-order chi connectivity index (χ1) is 9.10. The van der Waals surface area contributed by atoms with Gasteiger partial charge in [-0.2, -0.15) is 0 Å². The highest BCUT2D eigenvalue weighted by Gasteiger charge is 2.20. The van der Waals surface area contributed by atoms with E-state index in [0.717, 1.165) is 6.07 Å². The van der Waals surface area contributed by atoms with Crippen LogP contribution in [0.4, 0.5) is 8.78 Å². The van der Waals surface area contributed by atoms with Gasteiger partial charge in [-0.05, 0) is 40.8 Å². The summed E-state index contributed by atoms with van der Waals surface area (Å²) in [6, 6.07) is 3.17. The van der Waals surface area contributed by atoms with Crippen molar-refractivity contribution in [3.8, 4) is 0 Å². The van der Waals surface area contributed by atoms with Gasteiger partial charge in [0.2, 0.25) is 5.91 Å². The molecule has 0 radical (unpaired) electrons. The molecule has 0 spiro atoms. The molecule has 1 N–H and O–H groups in total. The van der Waals surface area contributed by atoms with Crippen molar-refractivity contribution >= 4 is 5.91 Å². The van der Waals surface area contributed by atoms with Crippen molar-refractivity contribution < 1.29 is 13.6 Å². The molecule has 5 heteroatoms. The maximum atomic E-state index is 13.7. The molecule has 0 aliphatic rings. The van der Waals surface area contributed by atoms with Gasteiger partial charge in [0.25, 0.3) is 0 Å². The van der Waals surface area contributed by atoms with Crippen LogP contribution in [0.5, 0.6) is 0 Å². The van der Waals surface area contributed by atoms with E-state index >= 15 is 0 Å². The number of nitrogens with one attached hydrogen (secondary N) is 1. The van der Waals surface area contributed by atoms with Crippen LogP contribution in [0.3, 0.4) is 0 Å². The molecular formula is C15H22F2N2O. The molecule has 0 saturated carbocycles. The summed E-state index contributed by atoms with van der Waals surface area (Å²) in [5.74, 6) is -1.33. The summed E-state index contributed by atoms with van der Waals surface area (Å²) >= 11 is 0. The van der Waals surface area contributed by atoms with Gasteiger partial charge >= 0.3 is 0 Å². The number of carbonyl (C=O) groups excluding carboxylic acids is 1. The summed E-state index contributed by atoms with van der Waals surface area (Å²) in [7, 11) is 1.73. The average molecular weight is 284 g/mol. The number of hydrogen-bond acceptors (Lipinski definition) is 2. The highest BCUT2D eigenvalue weighted by Crippen LogP contribution is 2.22. The lowest BCUT2D eigenvalue weighted by molar-refractivity contribution is -0.123. The van der Waals surface area contributed by atoms with Crippen molar-refractivity contribution in [2.45, 2.75) is 39.3 Å². The number of carbonyl (C=O) groups is 1. The highest BCUT2D eigenvalue weighted by atomic mass is 19.1. The van der Waals surface area contributed by atoms with Gasteiger partial charge in [-0.3, -0.25) is 9.69 Å². The van der Waals surface area contributed by atoms with Crippen LogP contribution >= 0.6 is 0 Å². The van der Waals surface area contributed by atoms with Crippen LogP contribution in [0.15, 0.2) is 18.2 Å². The van der Waals surface area contributed by atoms with Crippen LogP contribution in [0.25, 0.3) is 0 Å². The fourth-order valence-corrected chi connectivity index (χ4v) is 1.90. The van der Waals surface area contributed by atoms with Gasteiger partial charge in [-0.25, -0.2) is 8.78 Å². The van der Waals surface area contributed by atoms with E-state index in [4.69, 9.17) is 0 Å². The second-order valence-electron chi connectivity index (χ2n) is 6.06. The molecule has 1 unspecified atom stereocenters. The minimum absolute atomic E-state index is 0.130. The normalized spacial score (nSPS) is 13.4. The zero-order valence-corrected chi connectivity index (χ0v) is 12.6. The molecule has 1 aromatic rings. The van der Waals surface area contributed by atoms with Crippen molar-refractivity contribution in [1.29, 1.82) is 0 Å². The first-order valence-electron chi connectivity index (χ1n) is 6.56. The molecule has 0 saturated heterocycles. The number of halogens is 2. The number of hydrogen-bond donors (Lipinski definition) is 1. The number of likely N-dealkylation sites (N-methyl/N-ethyl adjacent to an activating group) is 1. The van der Waals surface area contributed by atoms with Crippen LogP contribution in [-0.4, -0.2) is 29.9 Å². The van der Waals surface area contributed by atoms with E-state index < -0.39 is 11.6 Å². The second kappa shape index (κ2) is 6.31. The van der Waals surface area contributed by atoms with Crippen LogP contribution in [0.2, 0.25) is 0 Å². The Kier molecular flexibility index (Phi) is 5.22. The Labute approximate surface area is 119 Å². The Balaban J connectivity index is 2.72. The van der Waals surface area contributed by atoms with E-state index in [-0.39, 0.29) is 24.0 Å². The lowest BCUT2D eigenvalue weighted by Crippen LogP contribution is -2.45. The highest BCUT2D eigenvalue weighted by molar-refractivity contribution is 5.78. The van der Waals surface area contributed by atoms with E-state index in [9.17, 15) is 13.6 Å². The van der Waals surface area contributed by atoms with Gasteiger partial charge in [0.05, 0.1) is 6.54 Å². The number of nitrogens with zero attached hydrogens (tertiary/aromatic N) is 1. The molecule has 20 heavy (non-hydrogen) atoms. The third kappa shape index (κ3) is 4.89. The monoisotopic (exact) mass is 284 g/mol. The van der Waals surface area contributed by atoms with Gasteiger partial charge in [0.1, 0.15) is 11.6 Å². The Morgan fingerprint density at radius 2 is 1.95 bits per heavy atom. The third-order valence-electron chi connectivity index (χ3n) is 2.98. The summed E-state index contributed by atoms with van der Waals surface area (Å²) in [5.41, 5.74) is 0.0694. The predicted octanol–water partition coefficient (Wildman–Crippen LogP) is 2.87. The maximum absolute atomic E-state index is 13.7. The lowest BCUT2D eigenvalue weighted by Gasteiger charge is -2.27. The number of amides is 1. The molecule has 1 amide bonds. The quantitative estimate of drug-likeness (QED) is 0.922. The smallest absolute Gasteiger partial charge is 0.234 e. The molecule has 1 aromatic carbocycles. The molecule has 0 fully saturated rings. The fourth-order valence-electron chi connectivity index (χ4n) is 1.90. The Hall–Kier alpha value is -1.49. The number of rotatable bonds is 4. The molecule has 3 nitrogen and oxygen atoms in total. The van der Waals surface area contributed by atoms with Crippen molar-refractivity contribution in [1.82, 2.24) is 10.2 Å². The van der Waals surface area contributed by atoms with Gasteiger partial charge in [-0.15, -0.1) is 0 Å². The first-order valence-corrected chi connectivity index (χ1v) is 6.56. The standard InChI is InChI=1S/C15H22F2N2O/c1-10(12-7-6-11(16)8-13(12)17)19(5)9-14(20)18-15(2,3)4/h6-8,10H,9H2,1-5H3,(H,18,20). The summed E-state index contributed by atoms with van der Waals surface area (Å²) in [6.45, 7) is 7.62. The van der Waals surface area contributed by atoms with E-state index in [1.54, 1.807) is 18.9 Å². The SMILES string of the molecule is CC(c1ccc(F)cc1F)N(C)CC(=O)NC(C)(C)C. The molecule has 0 bridgehead atoms. The van der Waals surface area contributed by atoms with Gasteiger partial charge < -0.3 is 5.32 Å². The first kappa shape index (κ1) is 16.6. The Morgan fingerprint density at radius 3 is 2.45 bits per heavy atom.